The van der Waals surface area contributed by atoms with Gasteiger partial charge in [0, 0.05) is 19.6 Å². The maximum Gasteiger partial charge on any atom is 0.121 e. The first-order chi connectivity index (χ1) is 10.7. The molecule has 0 aliphatic carbocycles. The Bertz CT molecular complexity index is 497. The first kappa shape index (κ1) is 16.7. The van der Waals surface area contributed by atoms with Crippen LogP contribution in [0.15, 0.2) is 60.7 Å². The molecule has 2 aromatic carbocycles. The smallest absolute Gasteiger partial charge is 0.121 e. The lowest BCUT2D eigenvalue weighted by atomic mass is 9.81. The molecule has 2 aromatic rings. The minimum absolute atomic E-state index is 0.122. The Morgan fingerprint density at radius 1 is 0.818 bits per heavy atom. The summed E-state index contributed by atoms with van der Waals surface area (Å²) in [7, 11) is 0. The minimum Gasteiger partial charge on any atom is -0.379 e. The average molecular weight is 298 g/mol. The fourth-order valence-corrected chi connectivity index (χ4v) is 3.04. The summed E-state index contributed by atoms with van der Waals surface area (Å²) in [6.45, 7) is 7.56. The predicted octanol–water partition coefficient (Wildman–Crippen LogP) is 4.78. The van der Waals surface area contributed by atoms with Crippen molar-refractivity contribution in [3.63, 3.8) is 0 Å². The summed E-state index contributed by atoms with van der Waals surface area (Å²) in [5.41, 5.74) is 1.88. The van der Waals surface area contributed by atoms with Gasteiger partial charge in [0.15, 0.2) is 0 Å². The molecule has 0 aromatic heterocycles. The molecule has 0 amide bonds. The number of ether oxygens (including phenoxy) is 2. The van der Waals surface area contributed by atoms with Gasteiger partial charge >= 0.3 is 0 Å². The quantitative estimate of drug-likeness (QED) is 0.698. The molecule has 0 heterocycles. The third-order valence-electron chi connectivity index (χ3n) is 3.90. The second-order valence-corrected chi connectivity index (χ2v) is 5.46. The molecule has 0 aliphatic rings. The van der Waals surface area contributed by atoms with Crippen molar-refractivity contribution >= 4 is 0 Å². The van der Waals surface area contributed by atoms with Gasteiger partial charge in [-0.25, -0.2) is 0 Å². The molecule has 22 heavy (non-hydrogen) atoms. The fraction of sp³-hybridized carbons (Fsp3) is 0.400. The van der Waals surface area contributed by atoms with E-state index in [4.69, 9.17) is 9.47 Å². The maximum absolute atomic E-state index is 6.34. The molecule has 1 atom stereocenters. The van der Waals surface area contributed by atoms with Crippen molar-refractivity contribution in [3.05, 3.63) is 71.8 Å². The Kier molecular flexibility index (Phi) is 6.17. The van der Waals surface area contributed by atoms with Crippen LogP contribution in [0.1, 0.15) is 38.3 Å². The van der Waals surface area contributed by atoms with Crippen LogP contribution in [-0.4, -0.2) is 19.3 Å². The zero-order valence-corrected chi connectivity index (χ0v) is 13.8. The van der Waals surface area contributed by atoms with E-state index >= 15 is 0 Å². The van der Waals surface area contributed by atoms with Crippen molar-refractivity contribution in [2.45, 2.75) is 38.9 Å². The standard InChI is InChI=1S/C20H26O2/c1-4-21-17(3)16-20(22-5-2,18-12-8-6-9-13-18)19-14-10-7-11-15-19/h6-15,17H,4-5,16H2,1-3H3. The van der Waals surface area contributed by atoms with Crippen LogP contribution in [0.3, 0.4) is 0 Å². The van der Waals surface area contributed by atoms with Gasteiger partial charge in [-0.2, -0.15) is 0 Å². The summed E-state index contributed by atoms with van der Waals surface area (Å²) in [5, 5.41) is 0. The van der Waals surface area contributed by atoms with Gasteiger partial charge in [0.2, 0.25) is 0 Å². The van der Waals surface area contributed by atoms with Crippen LogP contribution in [0.5, 0.6) is 0 Å². The third kappa shape index (κ3) is 3.76. The highest BCUT2D eigenvalue weighted by Gasteiger charge is 2.36. The maximum atomic E-state index is 6.34. The zero-order chi connectivity index (χ0) is 15.8. The number of hydrogen-bond donors (Lipinski definition) is 0. The lowest BCUT2D eigenvalue weighted by molar-refractivity contribution is -0.0569. The molecule has 0 saturated heterocycles. The molecule has 0 saturated carbocycles. The summed E-state index contributed by atoms with van der Waals surface area (Å²) in [6.07, 6.45) is 0.917. The molecule has 0 N–H and O–H groups in total. The van der Waals surface area contributed by atoms with Gasteiger partial charge < -0.3 is 9.47 Å². The van der Waals surface area contributed by atoms with E-state index < -0.39 is 5.60 Å². The highest BCUT2D eigenvalue weighted by atomic mass is 16.5. The number of hydrogen-bond acceptors (Lipinski definition) is 2. The molecule has 1 unspecified atom stereocenters. The second kappa shape index (κ2) is 8.11. The summed E-state index contributed by atoms with van der Waals surface area (Å²) in [6, 6.07) is 20.9. The van der Waals surface area contributed by atoms with Gasteiger partial charge in [0.05, 0.1) is 6.10 Å². The van der Waals surface area contributed by atoms with Gasteiger partial charge in [-0.3, -0.25) is 0 Å². The van der Waals surface area contributed by atoms with Gasteiger partial charge in [-0.1, -0.05) is 60.7 Å². The molecular weight excluding hydrogens is 272 g/mol. The molecule has 0 spiro atoms. The number of benzene rings is 2. The van der Waals surface area contributed by atoms with Crippen molar-refractivity contribution in [3.8, 4) is 0 Å². The average Bonchev–Trinajstić information content (AvgIpc) is 2.56. The van der Waals surface area contributed by atoms with E-state index in [0.717, 1.165) is 6.42 Å². The van der Waals surface area contributed by atoms with Crippen molar-refractivity contribution in [2.75, 3.05) is 13.2 Å². The van der Waals surface area contributed by atoms with E-state index in [-0.39, 0.29) is 6.10 Å². The van der Waals surface area contributed by atoms with Crippen LogP contribution in [0.4, 0.5) is 0 Å². The van der Waals surface area contributed by atoms with Crippen LogP contribution in [0.2, 0.25) is 0 Å². The number of rotatable bonds is 8. The Balaban J connectivity index is 2.49. The third-order valence-corrected chi connectivity index (χ3v) is 3.90. The van der Waals surface area contributed by atoms with Crippen LogP contribution in [0, 0.1) is 0 Å². The molecule has 2 rings (SSSR count). The largest absolute Gasteiger partial charge is 0.379 e. The van der Waals surface area contributed by atoms with Crippen molar-refractivity contribution in [2.24, 2.45) is 0 Å². The lowest BCUT2D eigenvalue weighted by Gasteiger charge is -2.37. The Morgan fingerprint density at radius 2 is 1.32 bits per heavy atom. The summed E-state index contributed by atoms with van der Waals surface area (Å²) < 4.78 is 12.1. The van der Waals surface area contributed by atoms with E-state index in [2.05, 4.69) is 55.5 Å². The van der Waals surface area contributed by atoms with E-state index in [1.807, 2.05) is 26.0 Å². The molecule has 0 bridgehead atoms. The zero-order valence-electron chi connectivity index (χ0n) is 13.8. The molecule has 2 heteroatoms. The Morgan fingerprint density at radius 3 is 1.73 bits per heavy atom. The van der Waals surface area contributed by atoms with Gasteiger partial charge in [0.25, 0.3) is 0 Å². The topological polar surface area (TPSA) is 18.5 Å². The van der Waals surface area contributed by atoms with Crippen molar-refractivity contribution in [1.82, 2.24) is 0 Å². The SMILES string of the molecule is CCOC(C)CC(OCC)(c1ccccc1)c1ccccc1. The molecule has 0 fully saturated rings. The second-order valence-electron chi connectivity index (χ2n) is 5.46. The van der Waals surface area contributed by atoms with E-state index in [9.17, 15) is 0 Å². The molecule has 0 radical (unpaired) electrons. The molecule has 118 valence electrons. The van der Waals surface area contributed by atoms with Crippen LogP contribution < -0.4 is 0 Å². The molecule has 0 aliphatic heterocycles. The fourth-order valence-electron chi connectivity index (χ4n) is 3.04. The Hall–Kier alpha value is -1.64. The minimum atomic E-state index is -0.466. The van der Waals surface area contributed by atoms with E-state index in [1.165, 1.54) is 11.1 Å². The normalized spacial score (nSPS) is 13.0. The van der Waals surface area contributed by atoms with Crippen molar-refractivity contribution in [1.29, 1.82) is 0 Å². The molecule has 2 nitrogen and oxygen atoms in total. The highest BCUT2D eigenvalue weighted by molar-refractivity contribution is 5.36. The van der Waals surface area contributed by atoms with Gasteiger partial charge in [-0.05, 0) is 31.9 Å². The summed E-state index contributed by atoms with van der Waals surface area (Å²) >= 11 is 0. The van der Waals surface area contributed by atoms with E-state index in [0.29, 0.717) is 13.2 Å². The van der Waals surface area contributed by atoms with Crippen LogP contribution in [-0.2, 0) is 15.1 Å². The first-order valence-electron chi connectivity index (χ1n) is 8.09. The van der Waals surface area contributed by atoms with Gasteiger partial charge in [0.1, 0.15) is 5.60 Å². The van der Waals surface area contributed by atoms with Gasteiger partial charge in [-0.15, -0.1) is 0 Å². The summed E-state index contributed by atoms with van der Waals surface area (Å²) in [5.74, 6) is 0. The van der Waals surface area contributed by atoms with E-state index in [1.54, 1.807) is 0 Å². The molecular formula is C20H26O2. The van der Waals surface area contributed by atoms with Crippen molar-refractivity contribution < 1.29 is 9.47 Å². The van der Waals surface area contributed by atoms with Crippen LogP contribution in [0.25, 0.3) is 0 Å². The highest BCUT2D eigenvalue weighted by Crippen LogP contribution is 2.38. The van der Waals surface area contributed by atoms with Crippen LogP contribution >= 0.6 is 0 Å². The first-order valence-corrected chi connectivity index (χ1v) is 8.09. The predicted molar refractivity (Wildman–Crippen MR) is 91.0 cm³/mol. The summed E-state index contributed by atoms with van der Waals surface area (Å²) in [4.78, 5) is 0. The lowest BCUT2D eigenvalue weighted by Crippen LogP contribution is -2.35. The Labute approximate surface area is 134 Å². The monoisotopic (exact) mass is 298 g/mol.